The van der Waals surface area contributed by atoms with Crippen LogP contribution >= 0.6 is 24.9 Å². The molecule has 9 heteroatoms. The second-order valence-corrected chi connectivity index (χ2v) is 4.23. The maximum Gasteiger partial charge on any atom is 0.390 e. The minimum Gasteiger partial charge on any atom is -0.303 e. The summed E-state index contributed by atoms with van der Waals surface area (Å²) in [4.78, 5) is 0. The molecule has 0 aliphatic rings. The van der Waals surface area contributed by atoms with Crippen LogP contribution < -0.4 is 0 Å². The molecule has 0 amide bonds. The lowest BCUT2D eigenvalue weighted by Gasteiger charge is -2.03. The molecule has 0 aromatic rings. The fraction of sp³-hybridized carbons (Fsp3) is 1.00. The molecular weight excluding hydrogens is 213 g/mol. The first-order valence-corrected chi connectivity index (χ1v) is 5.63. The number of rotatable bonds is 4. The Hall–Kier alpha value is 0.250. The van der Waals surface area contributed by atoms with E-state index in [1.807, 2.05) is 0 Å². The van der Waals surface area contributed by atoms with E-state index < -0.39 is 16.4 Å². The van der Waals surface area contributed by atoms with Crippen LogP contribution in [0.25, 0.3) is 0 Å². The molecule has 1 N–H and O–H groups in total. The Labute approximate surface area is 66.4 Å². The normalized spacial score (nSPS) is 17.0. The highest BCUT2D eigenvalue weighted by molar-refractivity contribution is 7.61. The van der Waals surface area contributed by atoms with Crippen molar-refractivity contribution in [2.75, 3.05) is 6.61 Å². The van der Waals surface area contributed by atoms with Gasteiger partial charge in [-0.25, -0.2) is 0 Å². The molecule has 0 aromatic heterocycles. The molecule has 11 heavy (non-hydrogen) atoms. The SMILES string of the molecule is CCOP(F)(=NP=N)/N=P/F. The Morgan fingerprint density at radius 2 is 2.36 bits per heavy atom. The van der Waals surface area contributed by atoms with E-state index in [0.29, 0.717) is 0 Å². The van der Waals surface area contributed by atoms with Crippen molar-refractivity contribution in [1.29, 1.82) is 5.16 Å². The maximum atomic E-state index is 13.0. The van der Waals surface area contributed by atoms with Gasteiger partial charge in [-0.15, -0.1) is 4.52 Å². The molecule has 1 atom stereocenters. The van der Waals surface area contributed by atoms with Crippen LogP contribution in [-0.4, -0.2) is 6.61 Å². The van der Waals surface area contributed by atoms with Gasteiger partial charge in [-0.3, -0.25) is 5.16 Å². The molecule has 0 saturated heterocycles. The van der Waals surface area contributed by atoms with Crippen molar-refractivity contribution in [2.45, 2.75) is 6.92 Å². The minimum atomic E-state index is -3.81. The van der Waals surface area contributed by atoms with Crippen LogP contribution in [0.5, 0.6) is 0 Å². The molecule has 0 aromatic carbocycles. The molecule has 0 fully saturated rings. The van der Waals surface area contributed by atoms with Gasteiger partial charge in [0, 0.05) is 0 Å². The van der Waals surface area contributed by atoms with E-state index in [2.05, 4.69) is 13.6 Å². The van der Waals surface area contributed by atoms with Crippen LogP contribution in [0.2, 0.25) is 0 Å². The highest BCUT2D eigenvalue weighted by Gasteiger charge is 2.16. The van der Waals surface area contributed by atoms with Gasteiger partial charge >= 0.3 is 7.74 Å². The van der Waals surface area contributed by atoms with Gasteiger partial charge in [-0.05, 0) is 6.92 Å². The Balaban J connectivity index is 4.51. The average molecular weight is 219 g/mol. The molecule has 0 radical (unpaired) electrons. The number of nitrogens with one attached hydrogen (secondary N) is 1. The van der Waals surface area contributed by atoms with Crippen LogP contribution in [0.4, 0.5) is 8.39 Å². The Kier molecular flexibility index (Phi) is 5.98. The van der Waals surface area contributed by atoms with Crippen molar-refractivity contribution in [3.8, 4) is 0 Å². The molecular formula is C2H6F2N3OP3. The Bertz CT molecular complexity index is 207. The number of hydrogen-bond donors (Lipinski definition) is 1. The van der Waals surface area contributed by atoms with Crippen molar-refractivity contribution in [1.82, 2.24) is 0 Å². The summed E-state index contributed by atoms with van der Waals surface area (Å²) in [6.07, 6.45) is 0. The van der Waals surface area contributed by atoms with E-state index in [1.165, 1.54) is 0 Å². The molecule has 64 valence electrons. The molecule has 0 saturated carbocycles. The van der Waals surface area contributed by atoms with Crippen molar-refractivity contribution >= 4 is 24.9 Å². The lowest BCUT2D eigenvalue weighted by atomic mass is 10.9. The predicted molar refractivity (Wildman–Crippen MR) is 42.2 cm³/mol. The molecule has 0 aliphatic heterocycles. The van der Waals surface area contributed by atoms with Gasteiger partial charge in [0.2, 0.25) is 8.68 Å². The highest BCUT2D eigenvalue weighted by Crippen LogP contribution is 2.58. The first-order valence-electron chi connectivity index (χ1n) is 2.54. The summed E-state index contributed by atoms with van der Waals surface area (Å²) in [5.74, 6) is 0. The summed E-state index contributed by atoms with van der Waals surface area (Å²) in [6, 6.07) is 0. The topological polar surface area (TPSA) is 57.8 Å². The first kappa shape index (κ1) is 11.2. The van der Waals surface area contributed by atoms with E-state index in [-0.39, 0.29) is 15.1 Å². The molecule has 0 heterocycles. The lowest BCUT2D eigenvalue weighted by Crippen LogP contribution is -1.78. The molecule has 0 rings (SSSR count). The second-order valence-electron chi connectivity index (χ2n) is 1.25. The third-order valence-electron chi connectivity index (χ3n) is 0.593. The van der Waals surface area contributed by atoms with Crippen LogP contribution in [0.1, 0.15) is 6.92 Å². The molecule has 0 spiro atoms. The first-order chi connectivity index (χ1) is 5.18. The maximum absolute atomic E-state index is 13.0. The van der Waals surface area contributed by atoms with Gasteiger partial charge < -0.3 is 4.52 Å². The Morgan fingerprint density at radius 3 is 2.73 bits per heavy atom. The van der Waals surface area contributed by atoms with E-state index in [0.717, 1.165) is 0 Å². The smallest absolute Gasteiger partial charge is 0.303 e. The van der Waals surface area contributed by atoms with Gasteiger partial charge in [-0.2, -0.15) is 12.9 Å². The third kappa shape index (κ3) is 4.65. The van der Waals surface area contributed by atoms with Crippen LogP contribution in [0.3, 0.4) is 0 Å². The van der Waals surface area contributed by atoms with Gasteiger partial charge in [0.1, 0.15) is 0 Å². The highest BCUT2D eigenvalue weighted by atomic mass is 31.2. The monoisotopic (exact) mass is 219 g/mol. The van der Waals surface area contributed by atoms with E-state index in [4.69, 9.17) is 5.16 Å². The van der Waals surface area contributed by atoms with E-state index in [1.54, 1.807) is 6.92 Å². The minimum absolute atomic E-state index is 0.0717. The average Bonchev–Trinajstić information content (AvgIpc) is 1.88. The van der Waals surface area contributed by atoms with E-state index >= 15 is 0 Å². The number of halogens is 2. The van der Waals surface area contributed by atoms with E-state index in [9.17, 15) is 8.39 Å². The van der Waals surface area contributed by atoms with Crippen LogP contribution in [-0.2, 0) is 4.52 Å². The number of hydrogen-bond acceptors (Lipinski definition) is 2. The van der Waals surface area contributed by atoms with Crippen molar-refractivity contribution in [2.24, 2.45) is 9.03 Å². The summed E-state index contributed by atoms with van der Waals surface area (Å²) in [5.41, 5.74) is 0. The summed E-state index contributed by atoms with van der Waals surface area (Å²) in [6.45, 7) is 1.62. The second kappa shape index (κ2) is 5.84. The summed E-state index contributed by atoms with van der Waals surface area (Å²) < 4.78 is 34.9. The zero-order valence-electron chi connectivity index (χ0n) is 5.61. The number of nitrogens with zero attached hydrogens (tertiary/aromatic N) is 2. The zero-order chi connectivity index (χ0) is 8.74. The third-order valence-corrected chi connectivity index (χ3v) is 3.57. The summed E-state index contributed by atoms with van der Waals surface area (Å²) in [7, 11) is -5.04. The predicted octanol–water partition coefficient (Wildman–Crippen LogP) is 4.58. The quantitative estimate of drug-likeness (QED) is 0.691. The molecule has 1 unspecified atom stereocenters. The largest absolute Gasteiger partial charge is 0.390 e. The standard InChI is InChI=1S/C2H6F2N3OP3/c1-2-8-11(4,6-9-3)7-10-5/h5H,2H2,1H3. The van der Waals surface area contributed by atoms with Gasteiger partial charge in [-0.1, -0.05) is 0 Å². The lowest BCUT2D eigenvalue weighted by molar-refractivity contribution is 0.348. The van der Waals surface area contributed by atoms with Gasteiger partial charge in [0.05, 0.1) is 6.61 Å². The Morgan fingerprint density at radius 1 is 1.73 bits per heavy atom. The zero-order valence-corrected chi connectivity index (χ0v) is 8.29. The van der Waals surface area contributed by atoms with Crippen molar-refractivity contribution < 1.29 is 12.9 Å². The van der Waals surface area contributed by atoms with Crippen molar-refractivity contribution in [3.05, 3.63) is 0 Å². The summed E-state index contributed by atoms with van der Waals surface area (Å²) in [5, 5.41) is 6.54. The summed E-state index contributed by atoms with van der Waals surface area (Å²) >= 11 is 0. The van der Waals surface area contributed by atoms with Gasteiger partial charge in [0.15, 0.2) is 8.52 Å². The fourth-order valence-corrected chi connectivity index (χ4v) is 2.31. The molecule has 0 aliphatic carbocycles. The fourth-order valence-electron chi connectivity index (χ4n) is 0.331. The van der Waals surface area contributed by atoms with Crippen LogP contribution in [0, 0.1) is 5.16 Å². The van der Waals surface area contributed by atoms with Crippen LogP contribution in [0.15, 0.2) is 9.03 Å². The molecule has 0 bridgehead atoms. The van der Waals surface area contributed by atoms with Gasteiger partial charge in [0.25, 0.3) is 0 Å². The van der Waals surface area contributed by atoms with Crippen molar-refractivity contribution in [3.63, 3.8) is 0 Å². The molecule has 4 nitrogen and oxygen atoms in total.